The maximum absolute atomic E-state index is 13.8. The van der Waals surface area contributed by atoms with Crippen molar-refractivity contribution in [1.82, 2.24) is 9.80 Å². The third kappa shape index (κ3) is 4.00. The summed E-state index contributed by atoms with van der Waals surface area (Å²) in [4.78, 5) is 16.7. The first-order chi connectivity index (χ1) is 13.0. The number of carbonyl (C=O) groups excluding carboxylic acids is 1. The summed E-state index contributed by atoms with van der Waals surface area (Å²) in [6.45, 7) is 4.34. The van der Waals surface area contributed by atoms with E-state index in [1.54, 1.807) is 4.90 Å². The predicted molar refractivity (Wildman–Crippen MR) is 95.0 cm³/mol. The Morgan fingerprint density at radius 1 is 1.15 bits per heavy atom. The van der Waals surface area contributed by atoms with Gasteiger partial charge in [0.1, 0.15) is 11.6 Å². The van der Waals surface area contributed by atoms with Gasteiger partial charge in [-0.3, -0.25) is 9.69 Å². The summed E-state index contributed by atoms with van der Waals surface area (Å²) in [6.07, 6.45) is 1.14. The zero-order valence-electron chi connectivity index (χ0n) is 15.3. The summed E-state index contributed by atoms with van der Waals surface area (Å²) in [5.74, 6) is -0.795. The van der Waals surface area contributed by atoms with E-state index in [0.29, 0.717) is 44.6 Å². The van der Waals surface area contributed by atoms with Crippen LogP contribution in [0.1, 0.15) is 18.4 Å². The number of rotatable bonds is 3. The van der Waals surface area contributed by atoms with Crippen LogP contribution in [0.15, 0.2) is 18.2 Å². The number of aliphatic hydroxyl groups excluding tert-OH is 1. The highest BCUT2D eigenvalue weighted by Gasteiger charge is 2.44. The van der Waals surface area contributed by atoms with Crippen molar-refractivity contribution in [3.8, 4) is 0 Å². The largest absolute Gasteiger partial charge is 0.391 e. The molecule has 1 aromatic rings. The molecule has 1 amide bonds. The van der Waals surface area contributed by atoms with Crippen LogP contribution in [0.2, 0.25) is 0 Å². The highest BCUT2D eigenvalue weighted by molar-refractivity contribution is 5.79. The molecule has 27 heavy (non-hydrogen) atoms. The number of hydrogen-bond donors (Lipinski definition) is 1. The van der Waals surface area contributed by atoms with E-state index in [1.165, 1.54) is 12.1 Å². The standard InChI is InChI=1S/C20H26F2N2O3/c21-16-2-1-13(17(22)10-16)9-20(26)24-11-14-7-18(19(25)8-15(14)12-24)23-3-5-27-6-4-23/h1-2,10,14-15,18-19,25H,3-9,11-12H2/t14-,15+,18-,19-/m1/s1. The number of nitrogens with zero attached hydrogens (tertiary/aromatic N) is 2. The van der Waals surface area contributed by atoms with Crippen LogP contribution in [0.5, 0.6) is 0 Å². The van der Waals surface area contributed by atoms with Crippen LogP contribution in [0.3, 0.4) is 0 Å². The van der Waals surface area contributed by atoms with Crippen molar-refractivity contribution in [1.29, 1.82) is 0 Å². The monoisotopic (exact) mass is 380 g/mol. The lowest BCUT2D eigenvalue weighted by Gasteiger charge is -2.43. The number of benzene rings is 1. The lowest BCUT2D eigenvalue weighted by Crippen LogP contribution is -2.53. The van der Waals surface area contributed by atoms with Crippen molar-refractivity contribution in [2.45, 2.75) is 31.4 Å². The lowest BCUT2D eigenvalue weighted by atomic mass is 9.77. The van der Waals surface area contributed by atoms with Crippen molar-refractivity contribution in [3.63, 3.8) is 0 Å². The van der Waals surface area contributed by atoms with E-state index >= 15 is 0 Å². The average molecular weight is 380 g/mol. The Labute approximate surface area is 157 Å². The molecule has 2 aliphatic heterocycles. The molecule has 3 aliphatic rings. The number of halogens is 2. The molecular weight excluding hydrogens is 354 g/mol. The van der Waals surface area contributed by atoms with Crippen LogP contribution < -0.4 is 0 Å². The Balaban J connectivity index is 1.38. The van der Waals surface area contributed by atoms with E-state index in [-0.39, 0.29) is 30.0 Å². The minimum atomic E-state index is -0.678. The van der Waals surface area contributed by atoms with E-state index < -0.39 is 11.6 Å². The Morgan fingerprint density at radius 2 is 1.85 bits per heavy atom. The Morgan fingerprint density at radius 3 is 2.56 bits per heavy atom. The summed E-state index contributed by atoms with van der Waals surface area (Å²) in [5.41, 5.74) is 0.225. The van der Waals surface area contributed by atoms with Crippen LogP contribution in [-0.4, -0.2) is 72.4 Å². The van der Waals surface area contributed by atoms with Crippen LogP contribution in [0.4, 0.5) is 8.78 Å². The van der Waals surface area contributed by atoms with Gasteiger partial charge >= 0.3 is 0 Å². The molecule has 0 bridgehead atoms. The summed E-state index contributed by atoms with van der Waals surface area (Å²) >= 11 is 0. The van der Waals surface area contributed by atoms with Crippen molar-refractivity contribution in [2.24, 2.45) is 11.8 Å². The SMILES string of the molecule is O=C(Cc1ccc(F)cc1F)N1C[C@H]2C[C@@H](N3CCOCC3)[C@H](O)C[C@H]2C1. The molecule has 1 N–H and O–H groups in total. The summed E-state index contributed by atoms with van der Waals surface area (Å²) < 4.78 is 32.3. The van der Waals surface area contributed by atoms with Crippen LogP contribution in [-0.2, 0) is 16.0 Å². The minimum Gasteiger partial charge on any atom is -0.391 e. The number of ether oxygens (including phenoxy) is 1. The molecule has 0 aromatic heterocycles. The van der Waals surface area contributed by atoms with E-state index in [1.807, 2.05) is 0 Å². The summed E-state index contributed by atoms with van der Waals surface area (Å²) in [6, 6.07) is 3.46. The molecule has 1 aliphatic carbocycles. The fourth-order valence-corrected chi connectivity index (χ4v) is 4.85. The van der Waals surface area contributed by atoms with E-state index in [9.17, 15) is 18.7 Å². The summed E-state index contributed by atoms with van der Waals surface area (Å²) in [5, 5.41) is 10.6. The number of hydrogen-bond acceptors (Lipinski definition) is 4. The first kappa shape index (κ1) is 18.8. The van der Waals surface area contributed by atoms with E-state index in [0.717, 1.165) is 25.6 Å². The molecule has 0 spiro atoms. The fourth-order valence-electron chi connectivity index (χ4n) is 4.85. The second-order valence-electron chi connectivity index (χ2n) is 7.99. The highest BCUT2D eigenvalue weighted by Crippen LogP contribution is 2.38. The van der Waals surface area contributed by atoms with Crippen LogP contribution >= 0.6 is 0 Å². The predicted octanol–water partition coefficient (Wildman–Crippen LogP) is 1.44. The number of aliphatic hydroxyl groups is 1. The molecule has 0 unspecified atom stereocenters. The molecule has 4 rings (SSSR count). The van der Waals surface area contributed by atoms with Crippen molar-refractivity contribution >= 4 is 5.91 Å². The van der Waals surface area contributed by atoms with Crippen molar-refractivity contribution < 1.29 is 23.4 Å². The quantitative estimate of drug-likeness (QED) is 0.862. The number of amides is 1. The normalized spacial score (nSPS) is 31.7. The van der Waals surface area contributed by atoms with Gasteiger partial charge in [-0.15, -0.1) is 0 Å². The van der Waals surface area contributed by atoms with E-state index in [2.05, 4.69) is 4.90 Å². The number of likely N-dealkylation sites (tertiary alicyclic amines) is 1. The molecule has 148 valence electrons. The molecule has 7 heteroatoms. The molecule has 1 saturated carbocycles. The van der Waals surface area contributed by atoms with Gasteiger partial charge < -0.3 is 14.7 Å². The zero-order valence-corrected chi connectivity index (χ0v) is 15.3. The summed E-state index contributed by atoms with van der Waals surface area (Å²) in [7, 11) is 0. The van der Waals surface area contributed by atoms with E-state index in [4.69, 9.17) is 4.74 Å². The van der Waals surface area contributed by atoms with Gasteiger partial charge in [-0.1, -0.05) is 6.07 Å². The third-order valence-electron chi connectivity index (χ3n) is 6.33. The molecule has 3 fully saturated rings. The first-order valence-electron chi connectivity index (χ1n) is 9.73. The molecule has 5 nitrogen and oxygen atoms in total. The lowest BCUT2D eigenvalue weighted by molar-refractivity contribution is -0.129. The van der Waals surface area contributed by atoms with Crippen molar-refractivity contribution in [2.75, 3.05) is 39.4 Å². The zero-order chi connectivity index (χ0) is 19.0. The Kier molecular flexibility index (Phi) is 5.43. The maximum Gasteiger partial charge on any atom is 0.227 e. The molecule has 2 saturated heterocycles. The Bertz CT molecular complexity index is 696. The van der Waals surface area contributed by atoms with Gasteiger partial charge in [0.2, 0.25) is 5.91 Å². The first-order valence-corrected chi connectivity index (χ1v) is 9.73. The maximum atomic E-state index is 13.8. The molecule has 4 atom stereocenters. The molecule has 1 aromatic carbocycles. The number of morpholine rings is 1. The third-order valence-corrected chi connectivity index (χ3v) is 6.33. The van der Waals surface area contributed by atoms with Gasteiger partial charge in [-0.05, 0) is 36.3 Å². The fraction of sp³-hybridized carbons (Fsp3) is 0.650. The number of fused-ring (bicyclic) bond motifs is 1. The molecule has 0 radical (unpaired) electrons. The van der Waals surface area contributed by atoms with Crippen LogP contribution in [0, 0.1) is 23.5 Å². The molecule has 2 heterocycles. The Hall–Kier alpha value is -1.57. The van der Waals surface area contributed by atoms with Gasteiger partial charge in [0.05, 0.1) is 25.7 Å². The molecular formula is C20H26F2N2O3. The smallest absolute Gasteiger partial charge is 0.227 e. The topological polar surface area (TPSA) is 53.0 Å². The van der Waals surface area contributed by atoms with Gasteiger partial charge in [0.25, 0.3) is 0 Å². The average Bonchev–Trinajstić information content (AvgIpc) is 3.07. The second kappa shape index (κ2) is 7.81. The van der Waals surface area contributed by atoms with Crippen LogP contribution in [0.25, 0.3) is 0 Å². The van der Waals surface area contributed by atoms with Gasteiger partial charge in [0.15, 0.2) is 0 Å². The second-order valence-corrected chi connectivity index (χ2v) is 7.99. The van der Waals surface area contributed by atoms with Crippen molar-refractivity contribution in [3.05, 3.63) is 35.4 Å². The van der Waals surface area contributed by atoms with Gasteiger partial charge in [0, 0.05) is 38.3 Å². The minimum absolute atomic E-state index is 0.0546. The number of carbonyl (C=O) groups is 1. The van der Waals surface area contributed by atoms with Gasteiger partial charge in [-0.2, -0.15) is 0 Å². The highest BCUT2D eigenvalue weighted by atomic mass is 19.1. The van der Waals surface area contributed by atoms with Gasteiger partial charge in [-0.25, -0.2) is 8.78 Å².